The third-order valence-corrected chi connectivity index (χ3v) is 2.89. The van der Waals surface area contributed by atoms with Crippen LogP contribution in [0.1, 0.15) is 11.1 Å². The number of benzene rings is 2. The maximum absolute atomic E-state index is 2.18. The van der Waals surface area contributed by atoms with E-state index in [4.69, 9.17) is 0 Å². The van der Waals surface area contributed by atoms with E-state index in [-0.39, 0.29) is 0 Å². The molecule has 0 aromatic heterocycles. The topological polar surface area (TPSA) is 0 Å². The Morgan fingerprint density at radius 2 is 0.889 bits per heavy atom. The Hall–Kier alpha value is -0.365. The summed E-state index contributed by atoms with van der Waals surface area (Å²) in [6.07, 6.45) is 2.26. The molecule has 0 aliphatic heterocycles. The smallest absolute Gasteiger partial charge is 0.0238 e. The van der Waals surface area contributed by atoms with E-state index in [1.807, 2.05) is 0 Å². The Labute approximate surface area is 130 Å². The van der Waals surface area contributed by atoms with Crippen molar-refractivity contribution in [3.05, 3.63) is 71.8 Å². The van der Waals surface area contributed by atoms with Crippen LogP contribution in [0, 0.1) is 0 Å². The van der Waals surface area contributed by atoms with Crippen LogP contribution >= 0.6 is 0 Å². The minimum atomic E-state index is 1.13. The van der Waals surface area contributed by atoms with Crippen LogP contribution in [0.5, 0.6) is 0 Å². The van der Waals surface area contributed by atoms with Crippen molar-refractivity contribution in [1.82, 2.24) is 0 Å². The molecule has 0 fully saturated rings. The maximum atomic E-state index is 2.18. The third-order valence-electron chi connectivity index (χ3n) is 2.89. The summed E-state index contributed by atoms with van der Waals surface area (Å²) < 4.78 is 0. The molecule has 0 aliphatic carbocycles. The molecule has 2 aromatic rings. The van der Waals surface area contributed by atoms with Crippen molar-refractivity contribution in [1.29, 1.82) is 0 Å². The third kappa shape index (κ3) is 7.15. The van der Waals surface area contributed by atoms with E-state index >= 15 is 0 Å². The molecule has 0 saturated heterocycles. The molecule has 0 amide bonds. The van der Waals surface area contributed by atoms with Crippen molar-refractivity contribution >= 4 is 35.4 Å². The fourth-order valence-corrected chi connectivity index (χ4v) is 1.58. The summed E-state index contributed by atoms with van der Waals surface area (Å²) in [5.41, 5.74) is 2.83. The van der Waals surface area contributed by atoms with Crippen LogP contribution in [0.3, 0.4) is 0 Å². The first-order valence-electron chi connectivity index (χ1n) is 6.94. The molecule has 0 N–H and O–H groups in total. The van der Waals surface area contributed by atoms with Gasteiger partial charge >= 0.3 is 45.6 Å². The maximum Gasteiger partial charge on any atom is -0.0238 e. The molecule has 0 nitrogen and oxygen atoms in total. The Bertz CT molecular complexity index is 356. The predicted octanol–water partition coefficient (Wildman–Crippen LogP) is 3.63. The van der Waals surface area contributed by atoms with E-state index in [2.05, 4.69) is 96.1 Å². The quantitative estimate of drug-likeness (QED) is 0.695. The van der Waals surface area contributed by atoms with Crippen molar-refractivity contribution in [3.8, 4) is 0 Å². The van der Waals surface area contributed by atoms with Gasteiger partial charge in [0.25, 0.3) is 0 Å². The van der Waals surface area contributed by atoms with E-state index in [9.17, 15) is 0 Å². The van der Waals surface area contributed by atoms with Crippen molar-refractivity contribution in [2.75, 3.05) is 0 Å². The van der Waals surface area contributed by atoms with E-state index in [0.29, 0.717) is 0 Å². The predicted molar refractivity (Wildman–Crippen MR) is 81.4 cm³/mol. The van der Waals surface area contributed by atoms with Crippen LogP contribution in [0.15, 0.2) is 60.7 Å². The second-order valence-electron chi connectivity index (χ2n) is 4.47. The standard InChI is InChI=1S/C14H14.C2H4.2Li/c1-3-7-13(8-4-1)11-12-14-9-5-2-6-10-14;1-2;;/h1-10H,11-12H2;1-2H2;;. The molecule has 0 bridgehead atoms. The van der Waals surface area contributed by atoms with Crippen LogP contribution in [-0.4, -0.2) is 35.4 Å². The molecule has 0 saturated carbocycles. The van der Waals surface area contributed by atoms with Gasteiger partial charge in [-0.2, -0.15) is 0 Å². The second kappa shape index (κ2) is 10.5. The van der Waals surface area contributed by atoms with Gasteiger partial charge in [0.15, 0.2) is 0 Å². The van der Waals surface area contributed by atoms with Crippen LogP contribution < -0.4 is 0 Å². The molecule has 0 spiro atoms. The van der Waals surface area contributed by atoms with Crippen molar-refractivity contribution in [2.24, 2.45) is 0 Å². The molecule has 18 heavy (non-hydrogen) atoms. The summed E-state index contributed by atoms with van der Waals surface area (Å²) in [6.45, 7) is 0. The fourth-order valence-electron chi connectivity index (χ4n) is 1.58. The first-order chi connectivity index (χ1) is 8.86. The van der Waals surface area contributed by atoms with Gasteiger partial charge in [-0.15, -0.1) is 0 Å². The molecular weight excluding hydrogens is 206 g/mol. The molecule has 0 aliphatic rings. The number of hydrogen-bond donors (Lipinski definition) is 0. The van der Waals surface area contributed by atoms with Gasteiger partial charge in [-0.3, -0.25) is 0 Å². The summed E-state index contributed by atoms with van der Waals surface area (Å²) in [5, 5.41) is 2.64. The van der Waals surface area contributed by atoms with Gasteiger partial charge in [-0.1, -0.05) is 60.7 Å². The zero-order valence-electron chi connectivity index (χ0n) is 11.6. The average Bonchev–Trinajstić information content (AvgIpc) is 2.47. The zero-order chi connectivity index (χ0) is 13.1. The Balaban J connectivity index is 0.000000357. The van der Waals surface area contributed by atoms with Gasteiger partial charge in [-0.25, -0.2) is 0 Å². The summed E-state index contributed by atoms with van der Waals surface area (Å²) in [4.78, 5) is 0. The fraction of sp³-hybridized carbons (Fsp3) is 0.250. The zero-order valence-corrected chi connectivity index (χ0v) is 11.6. The minimum absolute atomic E-state index is 1.13. The first kappa shape index (κ1) is 15.7. The van der Waals surface area contributed by atoms with E-state index < -0.39 is 0 Å². The van der Waals surface area contributed by atoms with E-state index in [1.165, 1.54) is 21.3 Å². The van der Waals surface area contributed by atoms with Gasteiger partial charge in [0.05, 0.1) is 0 Å². The van der Waals surface area contributed by atoms with Crippen LogP contribution in [0.25, 0.3) is 0 Å². The van der Waals surface area contributed by atoms with Gasteiger partial charge in [0.1, 0.15) is 0 Å². The largest absolute Gasteiger partial charge is 0.0622 e. The molecule has 2 rings (SSSR count). The summed E-state index contributed by atoms with van der Waals surface area (Å²) >= 11 is 4.36. The molecule has 2 heteroatoms. The van der Waals surface area contributed by atoms with Gasteiger partial charge < -0.3 is 0 Å². The van der Waals surface area contributed by atoms with Crippen LogP contribution in [0.2, 0.25) is 10.2 Å². The first-order valence-corrected chi connectivity index (χ1v) is 6.94. The van der Waals surface area contributed by atoms with Crippen LogP contribution in [-0.2, 0) is 12.8 Å². The van der Waals surface area contributed by atoms with E-state index in [0.717, 1.165) is 12.8 Å². The molecule has 2 aromatic carbocycles. The van der Waals surface area contributed by atoms with Gasteiger partial charge in [0.2, 0.25) is 0 Å². The summed E-state index contributed by atoms with van der Waals surface area (Å²) in [6, 6.07) is 21.2. The summed E-state index contributed by atoms with van der Waals surface area (Å²) in [7, 11) is 0. The van der Waals surface area contributed by atoms with Crippen molar-refractivity contribution in [2.45, 2.75) is 23.0 Å². The van der Waals surface area contributed by atoms with Crippen LogP contribution in [0.4, 0.5) is 0 Å². The molecule has 0 atom stereocenters. The molecule has 0 unspecified atom stereocenters. The Morgan fingerprint density at radius 3 is 1.17 bits per heavy atom. The molecule has 84 valence electrons. The number of aryl methyl sites for hydroxylation is 2. The Morgan fingerprint density at radius 1 is 0.556 bits per heavy atom. The monoisotopic (exact) mass is 224 g/mol. The van der Waals surface area contributed by atoms with Crippen molar-refractivity contribution in [3.63, 3.8) is 0 Å². The SMILES string of the molecule is [Li][CH2][CH2][Li].c1ccc(CCc2ccccc2)cc1. The normalized spacial score (nSPS) is 9.56. The number of hydrogen-bond acceptors (Lipinski definition) is 0. The summed E-state index contributed by atoms with van der Waals surface area (Å²) in [5.74, 6) is 0. The van der Waals surface area contributed by atoms with Gasteiger partial charge in [0, 0.05) is 0 Å². The van der Waals surface area contributed by atoms with Gasteiger partial charge in [-0.05, 0) is 24.0 Å². The minimum Gasteiger partial charge on any atom is -0.0622 e. The second-order valence-corrected chi connectivity index (χ2v) is 4.47. The molecule has 0 heterocycles. The molecular formula is C16H18Li2. The molecule has 0 radical (unpaired) electrons. The number of rotatable bonds is 4. The average molecular weight is 224 g/mol. The Kier molecular flexibility index (Phi) is 9.19. The van der Waals surface area contributed by atoms with E-state index in [1.54, 1.807) is 0 Å². The van der Waals surface area contributed by atoms with Crippen molar-refractivity contribution < 1.29 is 0 Å².